The summed E-state index contributed by atoms with van der Waals surface area (Å²) in [4.78, 5) is 19.3. The van der Waals surface area contributed by atoms with Gasteiger partial charge in [0.25, 0.3) is 0 Å². The van der Waals surface area contributed by atoms with E-state index in [0.29, 0.717) is 5.95 Å². The SMILES string of the molecule is C[C@H](NC(=O)Nc1nc2ccccc2[nH]1)[C@H]1CCCO1. The minimum atomic E-state index is -0.271. The highest BCUT2D eigenvalue weighted by Gasteiger charge is 2.23. The van der Waals surface area contributed by atoms with Crippen LogP contribution in [0.25, 0.3) is 11.0 Å². The molecule has 20 heavy (non-hydrogen) atoms. The van der Waals surface area contributed by atoms with Gasteiger partial charge in [-0.15, -0.1) is 0 Å². The number of ether oxygens (including phenoxy) is 1. The van der Waals surface area contributed by atoms with Crippen molar-refractivity contribution in [2.24, 2.45) is 0 Å². The molecular weight excluding hydrogens is 256 g/mol. The van der Waals surface area contributed by atoms with Crippen molar-refractivity contribution in [3.8, 4) is 0 Å². The summed E-state index contributed by atoms with van der Waals surface area (Å²) < 4.78 is 5.55. The van der Waals surface area contributed by atoms with Crippen LogP contribution in [0.2, 0.25) is 0 Å². The number of amides is 2. The molecule has 3 N–H and O–H groups in total. The van der Waals surface area contributed by atoms with Crippen LogP contribution in [0.1, 0.15) is 19.8 Å². The third-order valence-electron chi connectivity index (χ3n) is 3.50. The van der Waals surface area contributed by atoms with E-state index in [9.17, 15) is 4.79 Å². The van der Waals surface area contributed by atoms with E-state index in [2.05, 4.69) is 20.6 Å². The largest absolute Gasteiger partial charge is 0.376 e. The van der Waals surface area contributed by atoms with Gasteiger partial charge in [-0.3, -0.25) is 5.32 Å². The molecule has 1 aliphatic heterocycles. The Hall–Kier alpha value is -2.08. The average molecular weight is 274 g/mol. The Morgan fingerprint density at radius 1 is 1.50 bits per heavy atom. The number of rotatable bonds is 3. The van der Waals surface area contributed by atoms with Crippen LogP contribution in [0.3, 0.4) is 0 Å². The van der Waals surface area contributed by atoms with Crippen molar-refractivity contribution in [3.63, 3.8) is 0 Å². The molecule has 0 saturated carbocycles. The van der Waals surface area contributed by atoms with E-state index in [4.69, 9.17) is 4.74 Å². The van der Waals surface area contributed by atoms with Crippen molar-refractivity contribution >= 4 is 23.0 Å². The fourth-order valence-corrected chi connectivity index (χ4v) is 2.45. The van der Waals surface area contributed by atoms with Crippen molar-refractivity contribution in [3.05, 3.63) is 24.3 Å². The second-order valence-electron chi connectivity index (χ2n) is 5.04. The quantitative estimate of drug-likeness (QED) is 0.803. The van der Waals surface area contributed by atoms with E-state index in [1.807, 2.05) is 31.2 Å². The maximum atomic E-state index is 11.9. The van der Waals surface area contributed by atoms with Crippen LogP contribution in [0, 0.1) is 0 Å². The minimum Gasteiger partial charge on any atom is -0.376 e. The van der Waals surface area contributed by atoms with E-state index in [1.54, 1.807) is 0 Å². The average Bonchev–Trinajstić information content (AvgIpc) is 3.07. The highest BCUT2D eigenvalue weighted by atomic mass is 16.5. The molecule has 3 rings (SSSR count). The molecule has 6 nitrogen and oxygen atoms in total. The van der Waals surface area contributed by atoms with Gasteiger partial charge in [0, 0.05) is 6.61 Å². The number of para-hydroxylation sites is 2. The van der Waals surface area contributed by atoms with Crippen LogP contribution in [0.5, 0.6) is 0 Å². The Balaban J connectivity index is 1.60. The smallest absolute Gasteiger partial charge is 0.321 e. The molecule has 0 unspecified atom stereocenters. The van der Waals surface area contributed by atoms with Gasteiger partial charge in [-0.25, -0.2) is 9.78 Å². The number of anilines is 1. The molecule has 1 saturated heterocycles. The first-order valence-corrected chi connectivity index (χ1v) is 6.86. The molecule has 2 amide bonds. The Morgan fingerprint density at radius 2 is 2.35 bits per heavy atom. The summed E-state index contributed by atoms with van der Waals surface area (Å²) in [5, 5.41) is 5.59. The van der Waals surface area contributed by atoms with Crippen LogP contribution in [0.4, 0.5) is 10.7 Å². The normalized spacial score (nSPS) is 19.9. The summed E-state index contributed by atoms with van der Waals surface area (Å²) in [6.45, 7) is 2.73. The second-order valence-corrected chi connectivity index (χ2v) is 5.04. The van der Waals surface area contributed by atoms with Crippen molar-refractivity contribution in [1.82, 2.24) is 15.3 Å². The highest BCUT2D eigenvalue weighted by molar-refractivity contribution is 5.89. The first-order chi connectivity index (χ1) is 9.72. The summed E-state index contributed by atoms with van der Waals surface area (Å²) in [6, 6.07) is 7.36. The van der Waals surface area contributed by atoms with Gasteiger partial charge in [0.2, 0.25) is 5.95 Å². The standard InChI is InChI=1S/C14H18N4O2/c1-9(12-7-4-8-20-12)15-14(19)18-13-16-10-5-2-3-6-11(10)17-13/h2-3,5-6,9,12H,4,7-8H2,1H3,(H3,15,16,17,18,19)/t9-,12+/m0/s1. The zero-order valence-corrected chi connectivity index (χ0v) is 11.3. The summed E-state index contributed by atoms with van der Waals surface area (Å²) >= 11 is 0. The van der Waals surface area contributed by atoms with Gasteiger partial charge in [0.1, 0.15) is 0 Å². The number of urea groups is 1. The number of imidazole rings is 1. The zero-order valence-electron chi connectivity index (χ0n) is 11.3. The molecule has 2 heterocycles. The number of carbonyl (C=O) groups excluding carboxylic acids is 1. The molecule has 0 radical (unpaired) electrons. The lowest BCUT2D eigenvalue weighted by Crippen LogP contribution is -2.43. The summed E-state index contributed by atoms with van der Waals surface area (Å²) in [5.74, 6) is 0.447. The topological polar surface area (TPSA) is 79.0 Å². The zero-order chi connectivity index (χ0) is 13.9. The third kappa shape index (κ3) is 2.75. The molecule has 1 aliphatic rings. The number of aromatic nitrogens is 2. The van der Waals surface area contributed by atoms with Gasteiger partial charge >= 0.3 is 6.03 Å². The third-order valence-corrected chi connectivity index (χ3v) is 3.50. The molecule has 1 aromatic carbocycles. The van der Waals surface area contributed by atoms with Crippen LogP contribution in [0.15, 0.2) is 24.3 Å². The molecule has 0 spiro atoms. The van der Waals surface area contributed by atoms with Gasteiger partial charge < -0.3 is 15.0 Å². The number of benzene rings is 1. The summed E-state index contributed by atoms with van der Waals surface area (Å²) in [5.41, 5.74) is 1.73. The van der Waals surface area contributed by atoms with Crippen molar-refractivity contribution in [2.75, 3.05) is 11.9 Å². The number of H-pyrrole nitrogens is 1. The Bertz CT molecular complexity index is 571. The van der Waals surface area contributed by atoms with Gasteiger partial charge in [-0.05, 0) is 31.9 Å². The second kappa shape index (κ2) is 5.50. The number of hydrogen-bond donors (Lipinski definition) is 3. The van der Waals surface area contributed by atoms with Crippen molar-refractivity contribution in [2.45, 2.75) is 31.9 Å². The number of nitrogens with one attached hydrogen (secondary N) is 3. The lowest BCUT2D eigenvalue weighted by molar-refractivity contribution is 0.0868. The van der Waals surface area contributed by atoms with Crippen molar-refractivity contribution in [1.29, 1.82) is 0 Å². The van der Waals surface area contributed by atoms with Gasteiger partial charge in [0.15, 0.2) is 0 Å². The number of hydrogen-bond acceptors (Lipinski definition) is 3. The van der Waals surface area contributed by atoms with E-state index < -0.39 is 0 Å². The summed E-state index contributed by atoms with van der Waals surface area (Å²) in [7, 11) is 0. The fraction of sp³-hybridized carbons (Fsp3) is 0.429. The maximum Gasteiger partial charge on any atom is 0.321 e. The van der Waals surface area contributed by atoms with E-state index in [0.717, 1.165) is 30.5 Å². The first kappa shape index (κ1) is 12.9. The lowest BCUT2D eigenvalue weighted by Gasteiger charge is -2.19. The van der Waals surface area contributed by atoms with Gasteiger partial charge in [-0.2, -0.15) is 0 Å². The lowest BCUT2D eigenvalue weighted by atomic mass is 10.1. The molecule has 2 atom stereocenters. The molecule has 0 bridgehead atoms. The Labute approximate surface area is 116 Å². The molecule has 1 fully saturated rings. The fourth-order valence-electron chi connectivity index (χ4n) is 2.45. The van der Waals surface area contributed by atoms with Gasteiger partial charge in [0.05, 0.1) is 23.2 Å². The van der Waals surface area contributed by atoms with Crippen LogP contribution in [-0.4, -0.2) is 34.8 Å². The predicted octanol–water partition coefficient (Wildman–Crippen LogP) is 2.25. The molecule has 2 aromatic rings. The van der Waals surface area contributed by atoms with Crippen LogP contribution >= 0.6 is 0 Å². The molecule has 6 heteroatoms. The van der Waals surface area contributed by atoms with E-state index in [-0.39, 0.29) is 18.2 Å². The highest BCUT2D eigenvalue weighted by Crippen LogP contribution is 2.16. The molecule has 106 valence electrons. The Kier molecular flexibility index (Phi) is 3.56. The van der Waals surface area contributed by atoms with Crippen LogP contribution in [-0.2, 0) is 4.74 Å². The van der Waals surface area contributed by atoms with E-state index in [1.165, 1.54) is 0 Å². The molecular formula is C14H18N4O2. The number of carbonyl (C=O) groups is 1. The van der Waals surface area contributed by atoms with Crippen LogP contribution < -0.4 is 10.6 Å². The Morgan fingerprint density at radius 3 is 3.10 bits per heavy atom. The maximum absolute atomic E-state index is 11.9. The van der Waals surface area contributed by atoms with E-state index >= 15 is 0 Å². The number of nitrogens with zero attached hydrogens (tertiary/aromatic N) is 1. The first-order valence-electron chi connectivity index (χ1n) is 6.86. The van der Waals surface area contributed by atoms with Crippen molar-refractivity contribution < 1.29 is 9.53 Å². The minimum absolute atomic E-state index is 0.0121. The number of fused-ring (bicyclic) bond motifs is 1. The van der Waals surface area contributed by atoms with Gasteiger partial charge in [-0.1, -0.05) is 12.1 Å². The number of aromatic amines is 1. The predicted molar refractivity (Wildman–Crippen MR) is 76.7 cm³/mol. The molecule has 0 aliphatic carbocycles. The molecule has 1 aromatic heterocycles. The summed E-state index contributed by atoms with van der Waals surface area (Å²) in [6.07, 6.45) is 2.16. The monoisotopic (exact) mass is 274 g/mol.